The molecule has 1 amide bonds. The van der Waals surface area contributed by atoms with Gasteiger partial charge >= 0.3 is 0 Å². The fourth-order valence-corrected chi connectivity index (χ4v) is 6.31. The van der Waals surface area contributed by atoms with Crippen LogP contribution in [0.5, 0.6) is 0 Å². The van der Waals surface area contributed by atoms with Crippen molar-refractivity contribution in [2.45, 2.75) is 64.7 Å². The molecule has 6 rings (SSSR count). The van der Waals surface area contributed by atoms with Gasteiger partial charge in [-0.25, -0.2) is 10.1 Å². The first-order valence-electron chi connectivity index (χ1n) is 11.2. The Morgan fingerprint density at radius 3 is 2.27 bits per heavy atom. The molecule has 2 aromatic rings. The molecule has 6 nitrogen and oxygen atoms in total. The van der Waals surface area contributed by atoms with Gasteiger partial charge in [0.15, 0.2) is 0 Å². The highest BCUT2D eigenvalue weighted by atomic mass is 16.2. The third kappa shape index (κ3) is 3.46. The Bertz CT molecular complexity index is 931. The summed E-state index contributed by atoms with van der Waals surface area (Å²) < 4.78 is 1.87. The molecule has 4 aliphatic rings. The van der Waals surface area contributed by atoms with Crippen molar-refractivity contribution in [2.24, 2.45) is 28.3 Å². The fraction of sp³-hybridized carbons (Fsp3) is 0.583. The van der Waals surface area contributed by atoms with Crippen LogP contribution in [0.2, 0.25) is 0 Å². The van der Waals surface area contributed by atoms with E-state index in [2.05, 4.69) is 41.6 Å². The van der Waals surface area contributed by atoms with E-state index in [4.69, 9.17) is 0 Å². The predicted molar refractivity (Wildman–Crippen MR) is 116 cm³/mol. The number of rotatable bonds is 4. The molecule has 6 heteroatoms. The van der Waals surface area contributed by atoms with E-state index in [1.165, 1.54) is 19.3 Å². The average molecular weight is 406 g/mol. The highest BCUT2D eigenvalue weighted by Crippen LogP contribution is 2.60. The maximum atomic E-state index is 13.0. The Morgan fingerprint density at radius 2 is 1.70 bits per heavy atom. The molecule has 0 unspecified atom stereocenters. The summed E-state index contributed by atoms with van der Waals surface area (Å²) in [6.07, 6.45) is 10.7. The second kappa shape index (κ2) is 7.03. The molecule has 158 valence electrons. The van der Waals surface area contributed by atoms with Gasteiger partial charge in [-0.3, -0.25) is 4.79 Å². The first kappa shape index (κ1) is 19.5. The number of hydrazone groups is 1. The lowest BCUT2D eigenvalue weighted by molar-refractivity contribution is -0.146. The lowest BCUT2D eigenvalue weighted by Crippen LogP contribution is -2.52. The maximum absolute atomic E-state index is 13.0. The normalized spacial score (nSPS) is 30.2. The van der Waals surface area contributed by atoms with Gasteiger partial charge in [0.25, 0.3) is 0 Å². The molecule has 0 aliphatic heterocycles. The van der Waals surface area contributed by atoms with Gasteiger partial charge in [0.05, 0.1) is 29.2 Å². The fourth-order valence-electron chi connectivity index (χ4n) is 6.31. The van der Waals surface area contributed by atoms with Crippen molar-refractivity contribution in [1.29, 1.82) is 0 Å². The number of amides is 1. The van der Waals surface area contributed by atoms with Crippen LogP contribution in [-0.4, -0.2) is 27.1 Å². The number of nitrogens with zero attached hydrogens (tertiary/aromatic N) is 4. The van der Waals surface area contributed by atoms with Crippen molar-refractivity contribution in [3.05, 3.63) is 41.7 Å². The van der Waals surface area contributed by atoms with Gasteiger partial charge in [0.2, 0.25) is 5.91 Å². The van der Waals surface area contributed by atoms with E-state index in [1.807, 2.05) is 35.1 Å². The molecule has 4 fully saturated rings. The summed E-state index contributed by atoms with van der Waals surface area (Å²) in [4.78, 5) is 13.0. The zero-order valence-electron chi connectivity index (χ0n) is 18.1. The van der Waals surface area contributed by atoms with Crippen molar-refractivity contribution in [2.75, 3.05) is 0 Å². The van der Waals surface area contributed by atoms with E-state index in [1.54, 1.807) is 6.21 Å². The van der Waals surface area contributed by atoms with Crippen LogP contribution in [0.1, 0.15) is 70.6 Å². The SMILES string of the molecule is CC(C)(C)c1cnnn1-c1ccc(/C=N/NC(=O)C23CC4CC(CC(C4)C2)C3)cc1. The van der Waals surface area contributed by atoms with Gasteiger partial charge in [0, 0.05) is 5.41 Å². The van der Waals surface area contributed by atoms with Crippen LogP contribution in [0.25, 0.3) is 5.69 Å². The first-order chi connectivity index (χ1) is 14.3. The topological polar surface area (TPSA) is 72.2 Å². The van der Waals surface area contributed by atoms with Crippen molar-refractivity contribution in [3.63, 3.8) is 0 Å². The van der Waals surface area contributed by atoms with E-state index in [0.29, 0.717) is 0 Å². The molecule has 0 saturated heterocycles. The number of carbonyl (C=O) groups is 1. The van der Waals surface area contributed by atoms with Gasteiger partial charge in [-0.1, -0.05) is 38.1 Å². The van der Waals surface area contributed by atoms with Gasteiger partial charge in [-0.15, -0.1) is 5.10 Å². The Morgan fingerprint density at radius 1 is 1.10 bits per heavy atom. The van der Waals surface area contributed by atoms with E-state index < -0.39 is 0 Å². The van der Waals surface area contributed by atoms with E-state index >= 15 is 0 Å². The number of hydrogen-bond donors (Lipinski definition) is 1. The van der Waals surface area contributed by atoms with Gasteiger partial charge < -0.3 is 0 Å². The average Bonchev–Trinajstić information content (AvgIpc) is 3.18. The quantitative estimate of drug-likeness (QED) is 0.611. The van der Waals surface area contributed by atoms with Crippen LogP contribution in [0.3, 0.4) is 0 Å². The van der Waals surface area contributed by atoms with Crippen molar-refractivity contribution in [1.82, 2.24) is 20.4 Å². The van der Waals surface area contributed by atoms with E-state index in [9.17, 15) is 4.79 Å². The summed E-state index contributed by atoms with van der Waals surface area (Å²) in [5.74, 6) is 2.40. The number of carbonyl (C=O) groups excluding carboxylic acids is 1. The van der Waals surface area contributed by atoms with Crippen LogP contribution in [0.15, 0.2) is 35.6 Å². The van der Waals surface area contributed by atoms with Crippen molar-refractivity contribution < 1.29 is 4.79 Å². The summed E-state index contributed by atoms with van der Waals surface area (Å²) in [7, 11) is 0. The minimum absolute atomic E-state index is 0.0365. The number of nitrogens with one attached hydrogen (secondary N) is 1. The number of aromatic nitrogens is 3. The van der Waals surface area contributed by atoms with E-state index in [-0.39, 0.29) is 16.7 Å². The first-order valence-corrected chi connectivity index (χ1v) is 11.2. The van der Waals surface area contributed by atoms with Gasteiger partial charge in [-0.05, 0) is 74.0 Å². The summed E-state index contributed by atoms with van der Waals surface area (Å²) >= 11 is 0. The molecule has 1 aromatic carbocycles. The molecule has 0 atom stereocenters. The van der Waals surface area contributed by atoms with E-state index in [0.717, 1.165) is 54.0 Å². The molecule has 1 N–H and O–H groups in total. The van der Waals surface area contributed by atoms with Crippen molar-refractivity contribution in [3.8, 4) is 5.69 Å². The van der Waals surface area contributed by atoms with Crippen LogP contribution in [0.4, 0.5) is 0 Å². The minimum atomic E-state index is -0.160. The van der Waals surface area contributed by atoms with Crippen molar-refractivity contribution >= 4 is 12.1 Å². The zero-order valence-corrected chi connectivity index (χ0v) is 18.1. The largest absolute Gasteiger partial charge is 0.273 e. The molecule has 0 spiro atoms. The zero-order chi connectivity index (χ0) is 20.9. The second-order valence-electron chi connectivity index (χ2n) is 10.8. The Labute approximate surface area is 178 Å². The molecule has 1 heterocycles. The van der Waals surface area contributed by atoms with Gasteiger partial charge in [-0.2, -0.15) is 5.10 Å². The smallest absolute Gasteiger partial charge is 0.246 e. The Balaban J connectivity index is 1.25. The van der Waals surface area contributed by atoms with Crippen LogP contribution in [-0.2, 0) is 10.2 Å². The summed E-state index contributed by atoms with van der Waals surface area (Å²) in [6, 6.07) is 7.99. The third-order valence-corrected chi connectivity index (χ3v) is 7.35. The number of benzene rings is 1. The molecular weight excluding hydrogens is 374 g/mol. The lowest BCUT2D eigenvalue weighted by atomic mass is 9.49. The minimum Gasteiger partial charge on any atom is -0.273 e. The third-order valence-electron chi connectivity index (χ3n) is 7.35. The molecule has 1 aromatic heterocycles. The highest BCUT2D eigenvalue weighted by molar-refractivity contribution is 5.86. The summed E-state index contributed by atoms with van der Waals surface area (Å²) in [6.45, 7) is 6.45. The second-order valence-corrected chi connectivity index (χ2v) is 10.8. The Kier molecular flexibility index (Phi) is 4.56. The lowest BCUT2D eigenvalue weighted by Gasteiger charge is -2.55. The molecule has 4 saturated carbocycles. The highest BCUT2D eigenvalue weighted by Gasteiger charge is 2.54. The van der Waals surface area contributed by atoms with Gasteiger partial charge in [0.1, 0.15) is 0 Å². The van der Waals surface area contributed by atoms with Crippen LogP contribution < -0.4 is 5.43 Å². The standard InChI is InChI=1S/C24H31N5O/c1-23(2,3)21-15-26-28-29(21)20-6-4-16(5-7-20)14-25-27-22(30)24-11-17-8-18(12-24)10-19(9-17)13-24/h4-7,14-15,17-19H,8-13H2,1-3H3,(H,27,30)/b25-14+. The monoisotopic (exact) mass is 405 g/mol. The van der Waals surface area contributed by atoms with Crippen LogP contribution in [0, 0.1) is 23.2 Å². The molecule has 30 heavy (non-hydrogen) atoms. The molecule has 4 bridgehead atoms. The summed E-state index contributed by atoms with van der Waals surface area (Å²) in [5, 5.41) is 12.6. The summed E-state index contributed by atoms with van der Waals surface area (Å²) in [5.41, 5.74) is 5.64. The number of hydrogen-bond acceptors (Lipinski definition) is 4. The predicted octanol–water partition coefficient (Wildman–Crippen LogP) is 4.23. The maximum Gasteiger partial charge on any atom is 0.246 e. The Hall–Kier alpha value is -2.50. The molecule has 4 aliphatic carbocycles. The molecule has 0 radical (unpaired) electrons. The van der Waals surface area contributed by atoms with Crippen LogP contribution >= 0.6 is 0 Å². The molecular formula is C24H31N5O.